The molecule has 1 amide bonds. The number of aromatic nitrogens is 2. The van der Waals surface area contributed by atoms with Gasteiger partial charge in [-0.15, -0.1) is 0 Å². The molecular weight excluding hydrogens is 551 g/mol. The number of benzene rings is 3. The van der Waals surface area contributed by atoms with E-state index in [0.717, 1.165) is 35.0 Å². The van der Waals surface area contributed by atoms with Crippen LogP contribution in [0.25, 0.3) is 0 Å². The Bertz CT molecular complexity index is 1690. The highest BCUT2D eigenvalue weighted by Crippen LogP contribution is 2.49. The monoisotopic (exact) mass is 578 g/mol. The van der Waals surface area contributed by atoms with Crippen LogP contribution in [0.5, 0.6) is 0 Å². The molecule has 0 bridgehead atoms. The van der Waals surface area contributed by atoms with Crippen molar-refractivity contribution in [2.24, 2.45) is 13.0 Å². The number of anilines is 1. The van der Waals surface area contributed by atoms with Gasteiger partial charge in [0.25, 0.3) is 0 Å². The van der Waals surface area contributed by atoms with Crippen molar-refractivity contribution in [3.63, 3.8) is 0 Å². The van der Waals surface area contributed by atoms with E-state index < -0.39 is 21.9 Å². The van der Waals surface area contributed by atoms with Crippen LogP contribution in [0.4, 0.5) is 10.1 Å². The third kappa shape index (κ3) is 5.29. The number of nitrogens with one attached hydrogen (secondary N) is 1. The van der Waals surface area contributed by atoms with Crippen molar-refractivity contribution in [3.05, 3.63) is 112 Å². The molecule has 7 nitrogen and oxygen atoms in total. The van der Waals surface area contributed by atoms with Crippen LogP contribution in [0.1, 0.15) is 47.3 Å². The summed E-state index contributed by atoms with van der Waals surface area (Å²) < 4.78 is 44.5. The minimum absolute atomic E-state index is 0.00205. The van der Waals surface area contributed by atoms with Gasteiger partial charge in [0.15, 0.2) is 0 Å². The molecule has 3 atom stereocenters. The maximum atomic E-state index is 13.9. The summed E-state index contributed by atoms with van der Waals surface area (Å²) in [5.41, 5.74) is 3.61. The molecule has 0 saturated heterocycles. The van der Waals surface area contributed by atoms with E-state index in [9.17, 15) is 17.6 Å². The first-order valence-electron chi connectivity index (χ1n) is 13.1. The highest BCUT2D eigenvalue weighted by molar-refractivity contribution is 7.89. The average molecular weight is 579 g/mol. The SMILES string of the molecule is Cn1ccnc1CN(C(=O)[C@@H]1C[C@@H]1c1ccc(Cl)cc1)c1ccc2c(c1)[C@H](NS(=O)(=O)c1cccc(F)c1)CC2. The summed E-state index contributed by atoms with van der Waals surface area (Å²) in [6.07, 6.45) is 5.55. The summed E-state index contributed by atoms with van der Waals surface area (Å²) in [5.74, 6) is 0.0713. The van der Waals surface area contributed by atoms with Crippen LogP contribution < -0.4 is 9.62 Å². The highest BCUT2D eigenvalue weighted by atomic mass is 35.5. The molecule has 10 heteroatoms. The quantitative estimate of drug-likeness (QED) is 0.299. The second-order valence-corrected chi connectivity index (χ2v) is 12.6. The molecule has 4 aromatic rings. The summed E-state index contributed by atoms with van der Waals surface area (Å²) in [7, 11) is -2.06. The molecule has 1 aromatic heterocycles. The predicted molar refractivity (Wildman–Crippen MR) is 151 cm³/mol. The lowest BCUT2D eigenvalue weighted by Crippen LogP contribution is -2.33. The number of fused-ring (bicyclic) bond motifs is 1. The Morgan fingerprint density at radius 3 is 2.67 bits per heavy atom. The predicted octanol–water partition coefficient (Wildman–Crippen LogP) is 5.52. The number of hydrogen-bond donors (Lipinski definition) is 1. The third-order valence-corrected chi connectivity index (χ3v) is 9.54. The Hall–Kier alpha value is -3.53. The van der Waals surface area contributed by atoms with Crippen LogP contribution in [-0.2, 0) is 34.8 Å². The van der Waals surface area contributed by atoms with Crippen LogP contribution in [0.2, 0.25) is 5.02 Å². The van der Waals surface area contributed by atoms with Gasteiger partial charge >= 0.3 is 0 Å². The summed E-state index contributed by atoms with van der Waals surface area (Å²) in [6, 6.07) is 17.9. The molecular formula is C30H28ClFN4O3S. The van der Waals surface area contributed by atoms with Gasteiger partial charge in [0.2, 0.25) is 15.9 Å². The first-order valence-corrected chi connectivity index (χ1v) is 15.0. The number of hydrogen-bond acceptors (Lipinski definition) is 4. The minimum Gasteiger partial charge on any atom is -0.337 e. The fraction of sp³-hybridized carbons (Fsp3) is 0.267. The second-order valence-electron chi connectivity index (χ2n) is 10.4. The van der Waals surface area contributed by atoms with Gasteiger partial charge in [0.05, 0.1) is 11.4 Å². The maximum Gasteiger partial charge on any atom is 0.241 e. The standard InChI is InChI=1S/C30H28ClFN4O3S/c1-35-14-13-33-29(35)18-36(30(37)27-17-25(27)19-5-9-21(31)10-6-19)23-11-7-20-8-12-28(26(20)16-23)34-40(38,39)24-4-2-3-22(32)15-24/h2-7,9-11,13-16,25,27-28,34H,8,12,17-18H2,1H3/t25-,27-,28-/m1/s1. The first-order chi connectivity index (χ1) is 19.2. The van der Waals surface area contributed by atoms with E-state index in [1.165, 1.54) is 18.2 Å². The zero-order valence-electron chi connectivity index (χ0n) is 21.8. The van der Waals surface area contributed by atoms with Crippen molar-refractivity contribution in [1.29, 1.82) is 0 Å². The second kappa shape index (κ2) is 10.5. The number of halogens is 2. The summed E-state index contributed by atoms with van der Waals surface area (Å²) in [6.45, 7) is 0.282. The molecule has 2 aliphatic rings. The van der Waals surface area contributed by atoms with Crippen LogP contribution in [0, 0.1) is 11.7 Å². The van der Waals surface area contributed by atoms with Crippen molar-refractivity contribution in [1.82, 2.24) is 14.3 Å². The van der Waals surface area contributed by atoms with E-state index in [0.29, 0.717) is 23.6 Å². The van der Waals surface area contributed by atoms with Gasteiger partial charge in [-0.2, -0.15) is 0 Å². The molecule has 3 aromatic carbocycles. The molecule has 1 saturated carbocycles. The molecule has 1 N–H and O–H groups in total. The summed E-state index contributed by atoms with van der Waals surface area (Å²) >= 11 is 6.06. The van der Waals surface area contributed by atoms with Crippen molar-refractivity contribution in [3.8, 4) is 0 Å². The largest absolute Gasteiger partial charge is 0.337 e. The molecule has 40 heavy (non-hydrogen) atoms. The molecule has 1 fully saturated rings. The smallest absolute Gasteiger partial charge is 0.241 e. The lowest BCUT2D eigenvalue weighted by atomic mass is 10.1. The average Bonchev–Trinajstić information content (AvgIpc) is 3.49. The number of amides is 1. The van der Waals surface area contributed by atoms with Gasteiger partial charge in [0, 0.05) is 42.1 Å². The number of imidazole rings is 1. The minimum atomic E-state index is -3.94. The van der Waals surface area contributed by atoms with E-state index >= 15 is 0 Å². The lowest BCUT2D eigenvalue weighted by molar-refractivity contribution is -0.120. The highest BCUT2D eigenvalue weighted by Gasteiger charge is 2.46. The Kier molecular flexibility index (Phi) is 6.98. The Labute approximate surface area is 237 Å². The topological polar surface area (TPSA) is 84.3 Å². The number of rotatable bonds is 8. The fourth-order valence-electron chi connectivity index (χ4n) is 5.50. The third-order valence-electron chi connectivity index (χ3n) is 7.82. The van der Waals surface area contributed by atoms with Crippen LogP contribution >= 0.6 is 11.6 Å². The van der Waals surface area contributed by atoms with Gasteiger partial charge in [-0.3, -0.25) is 4.79 Å². The molecule has 0 unspecified atom stereocenters. The van der Waals surface area contributed by atoms with Crippen LogP contribution in [0.15, 0.2) is 84.0 Å². The number of carbonyl (C=O) groups is 1. The van der Waals surface area contributed by atoms with Crippen molar-refractivity contribution >= 4 is 33.2 Å². The van der Waals surface area contributed by atoms with Crippen molar-refractivity contribution < 1.29 is 17.6 Å². The molecule has 0 spiro atoms. The zero-order chi connectivity index (χ0) is 28.0. The fourth-order valence-corrected chi connectivity index (χ4v) is 6.91. The Morgan fingerprint density at radius 1 is 1.15 bits per heavy atom. The van der Waals surface area contributed by atoms with Crippen molar-refractivity contribution in [2.75, 3.05) is 4.90 Å². The van der Waals surface area contributed by atoms with Gasteiger partial charge in [-0.25, -0.2) is 22.5 Å². The van der Waals surface area contributed by atoms with E-state index in [-0.39, 0.29) is 29.2 Å². The van der Waals surface area contributed by atoms with Gasteiger partial charge < -0.3 is 9.47 Å². The van der Waals surface area contributed by atoms with Crippen LogP contribution in [0.3, 0.4) is 0 Å². The Balaban J connectivity index is 1.29. The van der Waals surface area contributed by atoms with Crippen molar-refractivity contribution in [2.45, 2.75) is 42.7 Å². The van der Waals surface area contributed by atoms with Crippen LogP contribution in [-0.4, -0.2) is 23.9 Å². The number of carbonyl (C=O) groups excluding carboxylic acids is 1. The first kappa shape index (κ1) is 26.7. The lowest BCUT2D eigenvalue weighted by Gasteiger charge is -2.25. The number of nitrogens with zero attached hydrogens (tertiary/aromatic N) is 3. The van der Waals surface area contributed by atoms with Gasteiger partial charge in [-0.05, 0) is 84.3 Å². The summed E-state index contributed by atoms with van der Waals surface area (Å²) in [5, 5.41) is 0.657. The normalized spacial score (nSPS) is 19.8. The van der Waals surface area contributed by atoms with Gasteiger partial charge in [-0.1, -0.05) is 35.9 Å². The number of aryl methyl sites for hydroxylation is 2. The molecule has 0 radical (unpaired) electrons. The molecule has 6 rings (SSSR count). The molecule has 2 aliphatic carbocycles. The van der Waals surface area contributed by atoms with Gasteiger partial charge in [0.1, 0.15) is 11.6 Å². The zero-order valence-corrected chi connectivity index (χ0v) is 23.4. The van der Waals surface area contributed by atoms with E-state index in [2.05, 4.69) is 9.71 Å². The summed E-state index contributed by atoms with van der Waals surface area (Å²) in [4.78, 5) is 20.0. The molecule has 1 heterocycles. The Morgan fingerprint density at radius 2 is 1.95 bits per heavy atom. The van der Waals surface area contributed by atoms with E-state index in [4.69, 9.17) is 11.6 Å². The van der Waals surface area contributed by atoms with E-state index in [1.807, 2.05) is 60.3 Å². The molecule has 0 aliphatic heterocycles. The maximum absolute atomic E-state index is 13.9. The number of sulfonamides is 1. The van der Waals surface area contributed by atoms with E-state index in [1.54, 1.807) is 11.1 Å². The molecule has 206 valence electrons.